The van der Waals surface area contributed by atoms with Crippen molar-refractivity contribution in [3.8, 4) is 11.1 Å². The van der Waals surface area contributed by atoms with Crippen molar-refractivity contribution in [2.75, 3.05) is 0 Å². The molecule has 0 fully saturated rings. The molecule has 0 aliphatic rings. The van der Waals surface area contributed by atoms with Crippen LogP contribution in [-0.2, 0) is 0 Å². The molecule has 0 aliphatic carbocycles. The number of hydrogen-bond donors (Lipinski definition) is 2. The van der Waals surface area contributed by atoms with Gasteiger partial charge in [0.05, 0.1) is 5.56 Å². The Morgan fingerprint density at radius 2 is 2.06 bits per heavy atom. The minimum absolute atomic E-state index is 0.0273. The summed E-state index contributed by atoms with van der Waals surface area (Å²) in [6.07, 6.45) is 1.40. The van der Waals surface area contributed by atoms with Gasteiger partial charge >= 0.3 is 5.97 Å². The Bertz CT molecular complexity index is 676. The fraction of sp³-hybridized carbons (Fsp3) is 0.0769. The number of carboxylic acid groups (broad SMARTS) is 1. The summed E-state index contributed by atoms with van der Waals surface area (Å²) in [4.78, 5) is 24.8. The van der Waals surface area contributed by atoms with Gasteiger partial charge in [0.2, 0.25) is 5.56 Å². The van der Waals surface area contributed by atoms with Gasteiger partial charge < -0.3 is 10.1 Å². The second-order valence-corrected chi connectivity index (χ2v) is 4.30. The van der Waals surface area contributed by atoms with E-state index in [-0.39, 0.29) is 5.56 Å². The fourth-order valence-electron chi connectivity index (χ4n) is 1.70. The Balaban J connectivity index is 2.66. The summed E-state index contributed by atoms with van der Waals surface area (Å²) >= 11 is 5.92. The highest BCUT2D eigenvalue weighted by molar-refractivity contribution is 6.31. The predicted octanol–water partition coefficient (Wildman–Crippen LogP) is 2.70. The number of carbonyl (C=O) groups is 1. The van der Waals surface area contributed by atoms with Crippen LogP contribution in [0.4, 0.5) is 0 Å². The number of halogens is 1. The van der Waals surface area contributed by atoms with E-state index in [2.05, 4.69) is 4.98 Å². The maximum atomic E-state index is 11.2. The Morgan fingerprint density at radius 3 is 2.67 bits per heavy atom. The third-order valence-corrected chi connectivity index (χ3v) is 3.05. The highest BCUT2D eigenvalue weighted by atomic mass is 35.5. The molecule has 0 saturated carbocycles. The molecular weight excluding hydrogens is 254 g/mol. The van der Waals surface area contributed by atoms with E-state index in [0.717, 1.165) is 11.6 Å². The molecule has 0 saturated heterocycles. The summed E-state index contributed by atoms with van der Waals surface area (Å²) in [5.41, 5.74) is 1.53. The number of hydrogen-bond acceptors (Lipinski definition) is 2. The van der Waals surface area contributed by atoms with E-state index in [4.69, 9.17) is 16.7 Å². The van der Waals surface area contributed by atoms with Crippen LogP contribution >= 0.6 is 11.6 Å². The van der Waals surface area contributed by atoms with Crippen LogP contribution in [0.25, 0.3) is 11.1 Å². The molecule has 18 heavy (non-hydrogen) atoms. The zero-order chi connectivity index (χ0) is 13.3. The molecule has 0 amide bonds. The first-order valence-corrected chi connectivity index (χ1v) is 5.59. The van der Waals surface area contributed by atoms with E-state index < -0.39 is 11.5 Å². The SMILES string of the molecule is Cc1cc(-c2c[nH]c(=O)cc2C(=O)O)ccc1Cl. The molecule has 0 atom stereocenters. The molecule has 2 N–H and O–H groups in total. The Labute approximate surface area is 108 Å². The maximum absolute atomic E-state index is 11.2. The molecule has 92 valence electrons. The van der Waals surface area contributed by atoms with Gasteiger partial charge in [-0.25, -0.2) is 4.79 Å². The van der Waals surface area contributed by atoms with Crippen LogP contribution in [0.3, 0.4) is 0 Å². The van der Waals surface area contributed by atoms with Crippen molar-refractivity contribution in [2.24, 2.45) is 0 Å². The number of carboxylic acids is 1. The van der Waals surface area contributed by atoms with Crippen LogP contribution in [0.15, 0.2) is 35.3 Å². The van der Waals surface area contributed by atoms with E-state index in [1.54, 1.807) is 18.2 Å². The zero-order valence-corrected chi connectivity index (χ0v) is 10.3. The quantitative estimate of drug-likeness (QED) is 0.875. The summed E-state index contributed by atoms with van der Waals surface area (Å²) in [6.45, 7) is 1.83. The number of aromatic amines is 1. The maximum Gasteiger partial charge on any atom is 0.336 e. The van der Waals surface area contributed by atoms with Crippen LogP contribution in [0.2, 0.25) is 5.02 Å². The first kappa shape index (κ1) is 12.4. The topological polar surface area (TPSA) is 70.2 Å². The summed E-state index contributed by atoms with van der Waals surface area (Å²) in [5.74, 6) is -1.14. The van der Waals surface area contributed by atoms with Crippen molar-refractivity contribution in [3.63, 3.8) is 0 Å². The van der Waals surface area contributed by atoms with Gasteiger partial charge in [-0.05, 0) is 30.2 Å². The summed E-state index contributed by atoms with van der Waals surface area (Å²) < 4.78 is 0. The van der Waals surface area contributed by atoms with Crippen molar-refractivity contribution >= 4 is 17.6 Å². The van der Waals surface area contributed by atoms with Gasteiger partial charge in [-0.3, -0.25) is 4.79 Å². The monoisotopic (exact) mass is 263 g/mol. The van der Waals surface area contributed by atoms with Gasteiger partial charge in [0.15, 0.2) is 0 Å². The highest BCUT2D eigenvalue weighted by Gasteiger charge is 2.13. The van der Waals surface area contributed by atoms with Crippen molar-refractivity contribution in [1.82, 2.24) is 4.98 Å². The van der Waals surface area contributed by atoms with Gasteiger partial charge in [0.1, 0.15) is 0 Å². The van der Waals surface area contributed by atoms with Gasteiger partial charge in [-0.15, -0.1) is 0 Å². The number of H-pyrrole nitrogens is 1. The van der Waals surface area contributed by atoms with Crippen molar-refractivity contribution in [2.45, 2.75) is 6.92 Å². The lowest BCUT2D eigenvalue weighted by atomic mass is 10.0. The summed E-state index contributed by atoms with van der Waals surface area (Å²) in [7, 11) is 0. The fourth-order valence-corrected chi connectivity index (χ4v) is 1.82. The Morgan fingerprint density at radius 1 is 1.33 bits per heavy atom. The van der Waals surface area contributed by atoms with Crippen LogP contribution in [0.1, 0.15) is 15.9 Å². The molecule has 5 heteroatoms. The molecule has 0 radical (unpaired) electrons. The minimum atomic E-state index is -1.14. The average Bonchev–Trinajstić information content (AvgIpc) is 2.32. The number of rotatable bonds is 2. The molecule has 1 aromatic heterocycles. The molecule has 0 bridgehead atoms. The summed E-state index contributed by atoms with van der Waals surface area (Å²) in [5, 5.41) is 9.71. The molecule has 2 rings (SSSR count). The second kappa shape index (κ2) is 4.66. The molecule has 2 aromatic rings. The minimum Gasteiger partial charge on any atom is -0.478 e. The normalized spacial score (nSPS) is 10.3. The average molecular weight is 264 g/mol. The number of benzene rings is 1. The second-order valence-electron chi connectivity index (χ2n) is 3.89. The lowest BCUT2D eigenvalue weighted by Crippen LogP contribution is -2.10. The van der Waals surface area contributed by atoms with Gasteiger partial charge in [-0.2, -0.15) is 0 Å². The molecule has 0 aliphatic heterocycles. The molecular formula is C13H10ClNO3. The molecule has 0 unspecified atom stereocenters. The molecule has 0 spiro atoms. The Hall–Kier alpha value is -2.07. The standard InChI is InChI=1S/C13H10ClNO3/c1-7-4-8(2-3-11(7)14)10-6-15-12(16)5-9(10)13(17)18/h2-6H,1H3,(H,15,16)(H,17,18). The predicted molar refractivity (Wildman–Crippen MR) is 69.2 cm³/mol. The van der Waals surface area contributed by atoms with Crippen LogP contribution in [0, 0.1) is 6.92 Å². The number of aryl methyl sites for hydroxylation is 1. The first-order valence-electron chi connectivity index (χ1n) is 5.21. The van der Waals surface area contributed by atoms with Gasteiger partial charge in [-0.1, -0.05) is 17.7 Å². The lowest BCUT2D eigenvalue weighted by molar-refractivity contribution is 0.0697. The van der Waals surface area contributed by atoms with E-state index >= 15 is 0 Å². The molecule has 1 aromatic carbocycles. The third kappa shape index (κ3) is 2.28. The van der Waals surface area contributed by atoms with Crippen molar-refractivity contribution in [3.05, 3.63) is 57.0 Å². The van der Waals surface area contributed by atoms with Gasteiger partial charge in [0.25, 0.3) is 0 Å². The van der Waals surface area contributed by atoms with Gasteiger partial charge in [0, 0.05) is 22.8 Å². The van der Waals surface area contributed by atoms with Crippen LogP contribution < -0.4 is 5.56 Å². The number of aromatic nitrogens is 1. The lowest BCUT2D eigenvalue weighted by Gasteiger charge is -2.07. The van der Waals surface area contributed by atoms with E-state index in [0.29, 0.717) is 16.1 Å². The number of aromatic carboxylic acids is 1. The van der Waals surface area contributed by atoms with Crippen molar-refractivity contribution < 1.29 is 9.90 Å². The van der Waals surface area contributed by atoms with E-state index in [9.17, 15) is 9.59 Å². The first-order chi connectivity index (χ1) is 8.49. The number of pyridine rings is 1. The van der Waals surface area contributed by atoms with Crippen LogP contribution in [-0.4, -0.2) is 16.1 Å². The molecule has 4 nitrogen and oxygen atoms in total. The van der Waals surface area contributed by atoms with E-state index in [1.165, 1.54) is 6.20 Å². The third-order valence-electron chi connectivity index (χ3n) is 2.62. The van der Waals surface area contributed by atoms with Crippen LogP contribution in [0.5, 0.6) is 0 Å². The number of nitrogens with one attached hydrogen (secondary N) is 1. The summed E-state index contributed by atoms with van der Waals surface area (Å²) in [6, 6.07) is 6.27. The Kier molecular flexibility index (Phi) is 3.21. The highest BCUT2D eigenvalue weighted by Crippen LogP contribution is 2.26. The largest absolute Gasteiger partial charge is 0.478 e. The van der Waals surface area contributed by atoms with E-state index in [1.807, 2.05) is 6.92 Å². The molecule has 1 heterocycles. The smallest absolute Gasteiger partial charge is 0.336 e. The zero-order valence-electron chi connectivity index (χ0n) is 9.53. The van der Waals surface area contributed by atoms with Crippen molar-refractivity contribution in [1.29, 1.82) is 0 Å².